The predicted octanol–water partition coefficient (Wildman–Crippen LogP) is 4.45. The van der Waals surface area contributed by atoms with E-state index in [9.17, 15) is 13.2 Å². The van der Waals surface area contributed by atoms with Gasteiger partial charge in [0.15, 0.2) is 6.10 Å². The number of carbonyl (C=O) groups excluding carboxylic acids is 1. The number of nitrogens with one attached hydrogen (secondary N) is 1. The maximum Gasteiger partial charge on any atom is 0.261 e. The minimum Gasteiger partial charge on any atom is -0.481 e. The molecule has 0 radical (unpaired) electrons. The van der Waals surface area contributed by atoms with E-state index in [0.717, 1.165) is 22.9 Å². The number of rotatable bonds is 9. The smallest absolute Gasteiger partial charge is 0.261 e. The summed E-state index contributed by atoms with van der Waals surface area (Å²) in [6, 6.07) is 24.2. The SMILES string of the molecule is CC[C@@H](Oc1ccc(N(C)S(C)(=O)=O)cc1)C(=O)N[C@H](c1ccccc1)c1cccc(C)c1. The third-order valence-electron chi connectivity index (χ3n) is 5.43. The van der Waals surface area contributed by atoms with E-state index >= 15 is 0 Å². The van der Waals surface area contributed by atoms with Gasteiger partial charge < -0.3 is 10.1 Å². The van der Waals surface area contributed by atoms with E-state index in [4.69, 9.17) is 4.74 Å². The highest BCUT2D eigenvalue weighted by atomic mass is 32.2. The zero-order valence-corrected chi connectivity index (χ0v) is 20.2. The van der Waals surface area contributed by atoms with Crippen molar-refractivity contribution >= 4 is 21.6 Å². The van der Waals surface area contributed by atoms with E-state index in [1.165, 1.54) is 11.4 Å². The molecular weight excluding hydrogens is 436 g/mol. The maximum atomic E-state index is 13.2. The fourth-order valence-corrected chi connectivity index (χ4v) is 4.01. The van der Waals surface area contributed by atoms with Gasteiger partial charge in [-0.3, -0.25) is 9.10 Å². The zero-order valence-electron chi connectivity index (χ0n) is 19.4. The Hall–Kier alpha value is -3.32. The number of ether oxygens (including phenoxy) is 1. The molecule has 3 aromatic carbocycles. The van der Waals surface area contributed by atoms with Crippen LogP contribution in [0.4, 0.5) is 5.69 Å². The average Bonchev–Trinajstić information content (AvgIpc) is 2.80. The molecule has 0 fully saturated rings. The lowest BCUT2D eigenvalue weighted by atomic mass is 9.97. The van der Waals surface area contributed by atoms with E-state index < -0.39 is 16.1 Å². The van der Waals surface area contributed by atoms with Gasteiger partial charge in [0.2, 0.25) is 10.0 Å². The summed E-state index contributed by atoms with van der Waals surface area (Å²) in [4.78, 5) is 13.2. The van der Waals surface area contributed by atoms with Crippen LogP contribution in [0.3, 0.4) is 0 Å². The molecule has 0 saturated heterocycles. The zero-order chi connectivity index (χ0) is 24.0. The number of anilines is 1. The number of hydrogen-bond donors (Lipinski definition) is 1. The number of nitrogens with zero attached hydrogens (tertiary/aromatic N) is 1. The molecule has 33 heavy (non-hydrogen) atoms. The van der Waals surface area contributed by atoms with Gasteiger partial charge in [0.05, 0.1) is 18.0 Å². The van der Waals surface area contributed by atoms with Gasteiger partial charge in [0.1, 0.15) is 5.75 Å². The summed E-state index contributed by atoms with van der Waals surface area (Å²) >= 11 is 0. The highest BCUT2D eigenvalue weighted by Gasteiger charge is 2.24. The molecule has 0 aliphatic heterocycles. The third kappa shape index (κ3) is 6.35. The Kier molecular flexibility index (Phi) is 7.76. The molecule has 3 rings (SSSR count). The van der Waals surface area contributed by atoms with Crippen molar-refractivity contribution in [2.24, 2.45) is 0 Å². The summed E-state index contributed by atoms with van der Waals surface area (Å²) < 4.78 is 30.6. The summed E-state index contributed by atoms with van der Waals surface area (Å²) in [6.07, 6.45) is 0.929. The van der Waals surface area contributed by atoms with Crippen molar-refractivity contribution in [1.29, 1.82) is 0 Å². The van der Waals surface area contributed by atoms with Crippen molar-refractivity contribution in [1.82, 2.24) is 5.32 Å². The first-order valence-electron chi connectivity index (χ1n) is 10.8. The van der Waals surface area contributed by atoms with Gasteiger partial charge in [-0.05, 0) is 48.7 Å². The minimum atomic E-state index is -3.35. The molecule has 6 nitrogen and oxygen atoms in total. The number of aryl methyl sites for hydroxylation is 1. The van der Waals surface area contributed by atoms with Crippen molar-refractivity contribution in [3.63, 3.8) is 0 Å². The van der Waals surface area contributed by atoms with Crippen LogP contribution in [-0.2, 0) is 14.8 Å². The summed E-state index contributed by atoms with van der Waals surface area (Å²) in [5, 5.41) is 3.15. The van der Waals surface area contributed by atoms with Crippen molar-refractivity contribution in [2.75, 3.05) is 17.6 Å². The predicted molar refractivity (Wildman–Crippen MR) is 132 cm³/mol. The molecule has 0 spiro atoms. The maximum absolute atomic E-state index is 13.2. The number of amides is 1. The highest BCUT2D eigenvalue weighted by molar-refractivity contribution is 7.92. The molecular formula is C26H30N2O4S. The molecule has 1 amide bonds. The lowest BCUT2D eigenvalue weighted by Crippen LogP contribution is -2.40. The van der Waals surface area contributed by atoms with Crippen LogP contribution in [0.25, 0.3) is 0 Å². The molecule has 0 aliphatic carbocycles. The largest absolute Gasteiger partial charge is 0.481 e. The normalized spacial score (nSPS) is 13.1. The molecule has 2 atom stereocenters. The van der Waals surface area contributed by atoms with Gasteiger partial charge in [-0.15, -0.1) is 0 Å². The van der Waals surface area contributed by atoms with Crippen LogP contribution >= 0.6 is 0 Å². The van der Waals surface area contributed by atoms with Crippen molar-refractivity contribution in [2.45, 2.75) is 32.4 Å². The van der Waals surface area contributed by atoms with E-state index in [1.807, 2.05) is 62.4 Å². The molecule has 3 aromatic rings. The second kappa shape index (κ2) is 10.5. The van der Waals surface area contributed by atoms with Crippen molar-refractivity contribution < 1.29 is 17.9 Å². The Balaban J connectivity index is 1.78. The second-order valence-electron chi connectivity index (χ2n) is 8.01. The van der Waals surface area contributed by atoms with E-state index in [0.29, 0.717) is 17.9 Å². The van der Waals surface area contributed by atoms with Gasteiger partial charge in [-0.25, -0.2) is 8.42 Å². The van der Waals surface area contributed by atoms with Gasteiger partial charge >= 0.3 is 0 Å². The Labute approximate surface area is 196 Å². The molecule has 1 N–H and O–H groups in total. The van der Waals surface area contributed by atoms with E-state index in [1.54, 1.807) is 24.3 Å². The van der Waals surface area contributed by atoms with Crippen LogP contribution in [0.15, 0.2) is 78.9 Å². The van der Waals surface area contributed by atoms with Gasteiger partial charge in [0.25, 0.3) is 5.91 Å². The van der Waals surface area contributed by atoms with Crippen LogP contribution in [0.2, 0.25) is 0 Å². The molecule has 0 unspecified atom stereocenters. The van der Waals surface area contributed by atoms with Crippen LogP contribution in [0.1, 0.15) is 36.1 Å². The van der Waals surface area contributed by atoms with Gasteiger partial charge in [0, 0.05) is 7.05 Å². The highest BCUT2D eigenvalue weighted by Crippen LogP contribution is 2.25. The van der Waals surface area contributed by atoms with Crippen LogP contribution in [0.5, 0.6) is 5.75 Å². The summed E-state index contributed by atoms with van der Waals surface area (Å²) in [6.45, 7) is 3.91. The Morgan fingerprint density at radius 3 is 2.18 bits per heavy atom. The van der Waals surface area contributed by atoms with Crippen molar-refractivity contribution in [3.05, 3.63) is 95.6 Å². The molecule has 0 saturated carbocycles. The topological polar surface area (TPSA) is 75.7 Å². The van der Waals surface area contributed by atoms with E-state index in [-0.39, 0.29) is 11.9 Å². The summed E-state index contributed by atoms with van der Waals surface area (Å²) in [5.74, 6) is 0.277. The van der Waals surface area contributed by atoms with Crippen LogP contribution in [0, 0.1) is 6.92 Å². The van der Waals surface area contributed by atoms with E-state index in [2.05, 4.69) is 11.4 Å². The molecule has 7 heteroatoms. The Morgan fingerprint density at radius 2 is 1.61 bits per heavy atom. The van der Waals surface area contributed by atoms with Gasteiger partial charge in [-0.2, -0.15) is 0 Å². The fourth-order valence-electron chi connectivity index (χ4n) is 3.50. The van der Waals surface area contributed by atoms with Crippen molar-refractivity contribution in [3.8, 4) is 5.75 Å². The first-order chi connectivity index (χ1) is 15.7. The third-order valence-corrected chi connectivity index (χ3v) is 6.64. The summed E-state index contributed by atoms with van der Waals surface area (Å²) in [5.41, 5.74) is 3.62. The first kappa shape index (κ1) is 24.3. The van der Waals surface area contributed by atoms with Crippen LogP contribution in [-0.4, -0.2) is 33.7 Å². The quantitative estimate of drug-likeness (QED) is 0.505. The molecule has 0 heterocycles. The minimum absolute atomic E-state index is 0.217. The summed E-state index contributed by atoms with van der Waals surface area (Å²) in [7, 11) is -1.86. The average molecular weight is 467 g/mol. The Morgan fingerprint density at radius 1 is 0.970 bits per heavy atom. The monoisotopic (exact) mass is 466 g/mol. The number of benzene rings is 3. The van der Waals surface area contributed by atoms with Crippen LogP contribution < -0.4 is 14.4 Å². The first-order valence-corrected chi connectivity index (χ1v) is 12.7. The lowest BCUT2D eigenvalue weighted by molar-refractivity contribution is -0.128. The molecule has 0 bridgehead atoms. The standard InChI is InChI=1S/C26H30N2O4S/c1-5-24(32-23-16-14-22(15-17-23)28(3)33(4,30)31)26(29)27-25(20-11-7-6-8-12-20)21-13-9-10-19(2)18-21/h6-18,24-25H,5H2,1-4H3,(H,27,29)/t24-,25-/m1/s1. The number of sulfonamides is 1. The lowest BCUT2D eigenvalue weighted by Gasteiger charge is -2.24. The molecule has 0 aliphatic rings. The van der Waals surface area contributed by atoms with Gasteiger partial charge in [-0.1, -0.05) is 67.1 Å². The fraction of sp³-hybridized carbons (Fsp3) is 0.269. The molecule has 0 aromatic heterocycles. The number of hydrogen-bond acceptors (Lipinski definition) is 4. The second-order valence-corrected chi connectivity index (χ2v) is 10.0. The molecule has 174 valence electrons. The number of carbonyl (C=O) groups is 1. The Bertz CT molecular complexity index is 1180.